The van der Waals surface area contributed by atoms with E-state index in [9.17, 15) is 9.59 Å². The molecule has 0 aromatic carbocycles. The maximum Gasteiger partial charge on any atom is 0.407 e. The first-order valence-corrected chi connectivity index (χ1v) is 4.00. The third-order valence-corrected chi connectivity index (χ3v) is 1.46. The number of hydrogen-bond acceptors (Lipinski definition) is 4. The van der Waals surface area contributed by atoms with Crippen LogP contribution in [0.25, 0.3) is 0 Å². The molecule has 0 aliphatic heterocycles. The highest BCUT2D eigenvalue weighted by Crippen LogP contribution is 1.86. The van der Waals surface area contributed by atoms with Crippen molar-refractivity contribution < 1.29 is 19.1 Å². The van der Waals surface area contributed by atoms with Gasteiger partial charge in [0.1, 0.15) is 6.61 Å². The van der Waals surface area contributed by atoms with Gasteiger partial charge < -0.3 is 14.8 Å². The fraction of sp³-hybridized carbons (Fsp3) is 0.750. The van der Waals surface area contributed by atoms with Crippen LogP contribution in [0.3, 0.4) is 0 Å². The fourth-order valence-corrected chi connectivity index (χ4v) is 0.538. The lowest BCUT2D eigenvalue weighted by Gasteiger charge is -2.10. The van der Waals surface area contributed by atoms with Gasteiger partial charge in [-0.05, 0) is 13.8 Å². The third kappa shape index (κ3) is 6.10. The van der Waals surface area contributed by atoms with Crippen LogP contribution in [0.1, 0.15) is 13.8 Å². The molecule has 0 heterocycles. The molecule has 1 N–H and O–H groups in total. The summed E-state index contributed by atoms with van der Waals surface area (Å²) in [5, 5.41) is 2.37. The third-order valence-electron chi connectivity index (χ3n) is 1.46. The molecule has 5 nitrogen and oxygen atoms in total. The molecule has 0 bridgehead atoms. The molecule has 1 unspecified atom stereocenters. The second-order valence-corrected chi connectivity index (χ2v) is 2.61. The molecule has 0 aromatic heterocycles. The Morgan fingerprint density at radius 1 is 1.38 bits per heavy atom. The number of carbonyl (C=O) groups is 2. The average molecular weight is 189 g/mol. The second-order valence-electron chi connectivity index (χ2n) is 2.61. The van der Waals surface area contributed by atoms with Gasteiger partial charge in [-0.3, -0.25) is 4.79 Å². The predicted octanol–water partition coefficient (Wildman–Crippen LogP) is 0.337. The van der Waals surface area contributed by atoms with E-state index < -0.39 is 12.1 Å². The van der Waals surface area contributed by atoms with Crippen molar-refractivity contribution in [1.82, 2.24) is 5.32 Å². The van der Waals surface area contributed by atoms with E-state index in [2.05, 4.69) is 14.8 Å². The number of rotatable bonds is 5. The molecule has 0 rings (SSSR count). The van der Waals surface area contributed by atoms with E-state index in [0.717, 1.165) is 0 Å². The highest BCUT2D eigenvalue weighted by molar-refractivity contribution is 5.84. The van der Waals surface area contributed by atoms with E-state index in [1.54, 1.807) is 6.92 Å². The Morgan fingerprint density at radius 3 is 2.46 bits per heavy atom. The van der Waals surface area contributed by atoms with E-state index in [4.69, 9.17) is 0 Å². The number of ketones is 1. The molecule has 0 saturated carbocycles. The Balaban J connectivity index is 3.56. The van der Waals surface area contributed by atoms with E-state index in [0.29, 0.717) is 6.61 Å². The fourth-order valence-electron chi connectivity index (χ4n) is 0.538. The largest absolute Gasteiger partial charge is 0.447 e. The SMILES string of the molecule is COCCOC(=O)NC(C)C(C)=O. The van der Waals surface area contributed by atoms with Crippen molar-refractivity contribution in [3.63, 3.8) is 0 Å². The van der Waals surface area contributed by atoms with Crippen LogP contribution in [0, 0.1) is 0 Å². The van der Waals surface area contributed by atoms with Crippen molar-refractivity contribution in [2.45, 2.75) is 19.9 Å². The van der Waals surface area contributed by atoms with Crippen LogP contribution < -0.4 is 5.32 Å². The van der Waals surface area contributed by atoms with Gasteiger partial charge in [-0.1, -0.05) is 0 Å². The molecule has 0 aliphatic carbocycles. The summed E-state index contributed by atoms with van der Waals surface area (Å²) in [5.74, 6) is -0.108. The molecule has 1 amide bonds. The Bertz CT molecular complexity index is 181. The van der Waals surface area contributed by atoms with Crippen molar-refractivity contribution in [2.75, 3.05) is 20.3 Å². The summed E-state index contributed by atoms with van der Waals surface area (Å²) in [7, 11) is 1.51. The number of nitrogens with one attached hydrogen (secondary N) is 1. The van der Waals surface area contributed by atoms with Crippen LogP contribution in [-0.2, 0) is 14.3 Å². The zero-order valence-electron chi connectivity index (χ0n) is 8.12. The molecule has 5 heteroatoms. The normalized spacial score (nSPS) is 11.9. The summed E-state index contributed by atoms with van der Waals surface area (Å²) in [6.45, 7) is 3.54. The quantitative estimate of drug-likeness (QED) is 0.633. The highest BCUT2D eigenvalue weighted by atomic mass is 16.6. The van der Waals surface area contributed by atoms with Crippen molar-refractivity contribution >= 4 is 11.9 Å². The molecule has 0 aliphatic rings. The molecular weight excluding hydrogens is 174 g/mol. The van der Waals surface area contributed by atoms with Crippen LogP contribution in [-0.4, -0.2) is 38.2 Å². The van der Waals surface area contributed by atoms with Gasteiger partial charge in [0, 0.05) is 7.11 Å². The molecule has 1 atom stereocenters. The van der Waals surface area contributed by atoms with Gasteiger partial charge in [0.15, 0.2) is 5.78 Å². The lowest BCUT2D eigenvalue weighted by molar-refractivity contribution is -0.118. The number of methoxy groups -OCH3 is 1. The Morgan fingerprint density at radius 2 is 2.00 bits per heavy atom. The van der Waals surface area contributed by atoms with Gasteiger partial charge in [0.25, 0.3) is 0 Å². The first kappa shape index (κ1) is 11.9. The molecule has 13 heavy (non-hydrogen) atoms. The minimum absolute atomic E-state index is 0.108. The molecule has 0 aromatic rings. The average Bonchev–Trinajstić information content (AvgIpc) is 2.04. The van der Waals surface area contributed by atoms with Crippen molar-refractivity contribution in [3.8, 4) is 0 Å². The first-order valence-electron chi connectivity index (χ1n) is 4.00. The highest BCUT2D eigenvalue weighted by Gasteiger charge is 2.11. The summed E-state index contributed by atoms with van der Waals surface area (Å²) in [6.07, 6.45) is -0.597. The van der Waals surface area contributed by atoms with Crippen LogP contribution in [0.5, 0.6) is 0 Å². The molecule has 0 spiro atoms. The Hall–Kier alpha value is -1.10. The first-order chi connectivity index (χ1) is 6.07. The molecule has 0 fully saturated rings. The van der Waals surface area contributed by atoms with Gasteiger partial charge in [0.2, 0.25) is 0 Å². The number of alkyl carbamates (subject to hydrolysis) is 1. The van der Waals surface area contributed by atoms with Crippen LogP contribution >= 0.6 is 0 Å². The van der Waals surface area contributed by atoms with Gasteiger partial charge >= 0.3 is 6.09 Å². The number of hydrogen-bond donors (Lipinski definition) is 1. The minimum Gasteiger partial charge on any atom is -0.447 e. The Labute approximate surface area is 77.4 Å². The number of amides is 1. The zero-order valence-corrected chi connectivity index (χ0v) is 8.12. The molecule has 76 valence electrons. The van der Waals surface area contributed by atoms with Gasteiger partial charge in [0.05, 0.1) is 12.6 Å². The van der Waals surface area contributed by atoms with Crippen LogP contribution in [0.4, 0.5) is 4.79 Å². The number of Topliss-reactive ketones (excluding diaryl/α,β-unsaturated/α-hetero) is 1. The summed E-state index contributed by atoms with van der Waals surface area (Å²) in [6, 6.07) is -0.505. The number of ether oxygens (including phenoxy) is 2. The summed E-state index contributed by atoms with van der Waals surface area (Å²) in [4.78, 5) is 21.6. The van der Waals surface area contributed by atoms with E-state index in [1.165, 1.54) is 14.0 Å². The number of carbonyl (C=O) groups excluding carboxylic acids is 2. The maximum absolute atomic E-state index is 10.9. The predicted molar refractivity (Wildman–Crippen MR) is 46.5 cm³/mol. The van der Waals surface area contributed by atoms with E-state index in [-0.39, 0.29) is 12.4 Å². The summed E-state index contributed by atoms with van der Waals surface area (Å²) in [5.41, 5.74) is 0. The van der Waals surface area contributed by atoms with E-state index in [1.807, 2.05) is 0 Å². The van der Waals surface area contributed by atoms with Gasteiger partial charge in [-0.2, -0.15) is 0 Å². The van der Waals surface area contributed by atoms with Crippen molar-refractivity contribution in [3.05, 3.63) is 0 Å². The monoisotopic (exact) mass is 189 g/mol. The minimum atomic E-state index is -0.597. The second kappa shape index (κ2) is 6.42. The van der Waals surface area contributed by atoms with Gasteiger partial charge in [-0.15, -0.1) is 0 Å². The van der Waals surface area contributed by atoms with Crippen LogP contribution in [0.15, 0.2) is 0 Å². The molecule has 0 radical (unpaired) electrons. The van der Waals surface area contributed by atoms with Crippen molar-refractivity contribution in [1.29, 1.82) is 0 Å². The van der Waals surface area contributed by atoms with Crippen molar-refractivity contribution in [2.24, 2.45) is 0 Å². The molecule has 0 saturated heterocycles. The standard InChI is InChI=1S/C8H15NO4/c1-6(7(2)10)9-8(11)13-5-4-12-3/h6H,4-5H2,1-3H3,(H,9,11). The van der Waals surface area contributed by atoms with Crippen LogP contribution in [0.2, 0.25) is 0 Å². The topological polar surface area (TPSA) is 64.6 Å². The smallest absolute Gasteiger partial charge is 0.407 e. The lowest BCUT2D eigenvalue weighted by atomic mass is 10.2. The summed E-state index contributed by atoms with van der Waals surface area (Å²) >= 11 is 0. The molecular formula is C8H15NO4. The maximum atomic E-state index is 10.9. The Kier molecular flexibility index (Phi) is 5.88. The summed E-state index contributed by atoms with van der Waals surface area (Å²) < 4.78 is 9.35. The van der Waals surface area contributed by atoms with Gasteiger partial charge in [-0.25, -0.2) is 4.79 Å². The zero-order chi connectivity index (χ0) is 10.3. The lowest BCUT2D eigenvalue weighted by Crippen LogP contribution is -2.38. The van der Waals surface area contributed by atoms with E-state index >= 15 is 0 Å².